The lowest BCUT2D eigenvalue weighted by Gasteiger charge is -2.06. The van der Waals surface area contributed by atoms with E-state index in [1.54, 1.807) is 0 Å². The van der Waals surface area contributed by atoms with Gasteiger partial charge in [0.2, 0.25) is 0 Å². The molecule has 0 saturated heterocycles. The van der Waals surface area contributed by atoms with Crippen molar-refractivity contribution in [2.45, 2.75) is 19.0 Å². The van der Waals surface area contributed by atoms with Crippen LogP contribution in [-0.2, 0) is 4.79 Å². The first kappa shape index (κ1) is 15.9. The van der Waals surface area contributed by atoms with Gasteiger partial charge in [0.25, 0.3) is 5.78 Å². The number of aliphatic hydroxyl groups excluding tert-OH is 1. The Morgan fingerprint density at radius 1 is 1.27 bits per heavy atom. The van der Waals surface area contributed by atoms with Crippen LogP contribution >= 0.6 is 0 Å². The Kier molecular flexibility index (Phi) is 4.16. The smallest absolute Gasteiger partial charge is 0.454 e. The van der Waals surface area contributed by atoms with Crippen LogP contribution in [0.25, 0.3) is 6.08 Å². The minimum Gasteiger partial charge on any atom is -0.507 e. The van der Waals surface area contributed by atoms with E-state index < -0.39 is 23.3 Å². The molecule has 0 unspecified atom stereocenters. The molecule has 1 aromatic rings. The zero-order valence-electron chi connectivity index (χ0n) is 11.6. The Morgan fingerprint density at radius 3 is 2.55 bits per heavy atom. The minimum absolute atomic E-state index is 0.0798. The molecule has 22 heavy (non-hydrogen) atoms. The molecule has 0 radical (unpaired) electrons. The average molecular weight is 314 g/mol. The molecule has 7 heteroatoms. The van der Waals surface area contributed by atoms with Gasteiger partial charge in [-0.3, -0.25) is 4.79 Å². The van der Waals surface area contributed by atoms with Crippen LogP contribution < -0.4 is 4.74 Å². The molecule has 0 aromatic heterocycles. The van der Waals surface area contributed by atoms with Gasteiger partial charge in [-0.1, -0.05) is 6.07 Å². The molecule has 0 amide bonds. The van der Waals surface area contributed by atoms with Crippen LogP contribution in [0.3, 0.4) is 0 Å². The summed E-state index contributed by atoms with van der Waals surface area (Å²) in [5.74, 6) is -2.53. The first-order chi connectivity index (χ1) is 10.2. The van der Waals surface area contributed by atoms with E-state index in [1.165, 1.54) is 31.4 Å². The van der Waals surface area contributed by atoms with Gasteiger partial charge in [-0.05, 0) is 42.2 Å². The van der Waals surface area contributed by atoms with Crippen molar-refractivity contribution in [2.75, 3.05) is 7.11 Å². The fraction of sp³-hybridized carbons (Fsp3) is 0.267. The maximum absolute atomic E-state index is 12.4. The van der Waals surface area contributed by atoms with Gasteiger partial charge in [0.05, 0.1) is 7.11 Å². The van der Waals surface area contributed by atoms with Gasteiger partial charge in [0.15, 0.2) is 11.5 Å². The van der Waals surface area contributed by atoms with Crippen LogP contribution in [-0.4, -0.2) is 29.3 Å². The molecule has 0 aliphatic heterocycles. The summed E-state index contributed by atoms with van der Waals surface area (Å²) in [4.78, 5) is 11.2. The van der Waals surface area contributed by atoms with Crippen molar-refractivity contribution in [1.29, 1.82) is 0 Å². The van der Waals surface area contributed by atoms with Crippen LogP contribution in [0.2, 0.25) is 0 Å². The summed E-state index contributed by atoms with van der Waals surface area (Å²) in [5, 5.41) is 19.3. The van der Waals surface area contributed by atoms with Crippen LogP contribution in [0.1, 0.15) is 18.4 Å². The van der Waals surface area contributed by atoms with Gasteiger partial charge < -0.3 is 14.9 Å². The van der Waals surface area contributed by atoms with E-state index in [1.807, 2.05) is 0 Å². The summed E-state index contributed by atoms with van der Waals surface area (Å²) >= 11 is 0. The maximum atomic E-state index is 12.4. The zero-order chi connectivity index (χ0) is 16.5. The first-order valence-electron chi connectivity index (χ1n) is 6.35. The molecule has 0 heterocycles. The van der Waals surface area contributed by atoms with E-state index in [2.05, 4.69) is 0 Å². The molecule has 0 saturated carbocycles. The molecule has 0 bridgehead atoms. The van der Waals surface area contributed by atoms with Crippen molar-refractivity contribution in [2.24, 2.45) is 0 Å². The standard InChI is InChI=1S/C15H13F3O4/c1-22-12-7-8(2-5-11(12)19)6-9-3-4-10(13(9)20)14(21)15(16,17)18/h2,5-7,19-20H,3-4H2,1H3. The molecular weight excluding hydrogens is 301 g/mol. The molecule has 0 fully saturated rings. The summed E-state index contributed by atoms with van der Waals surface area (Å²) in [6, 6.07) is 4.35. The number of aliphatic hydroxyl groups is 1. The summed E-state index contributed by atoms with van der Waals surface area (Å²) in [6.07, 6.45) is -3.58. The van der Waals surface area contributed by atoms with Gasteiger partial charge >= 0.3 is 6.18 Å². The highest BCUT2D eigenvalue weighted by molar-refractivity contribution is 6.01. The van der Waals surface area contributed by atoms with Gasteiger partial charge in [-0.15, -0.1) is 0 Å². The summed E-state index contributed by atoms with van der Waals surface area (Å²) in [5.41, 5.74) is 0.141. The molecule has 1 aromatic carbocycles. The van der Waals surface area contributed by atoms with E-state index in [0.717, 1.165) is 0 Å². The number of methoxy groups -OCH3 is 1. The molecule has 0 spiro atoms. The number of halogens is 3. The molecule has 118 valence electrons. The number of phenols is 1. The SMILES string of the molecule is COc1cc(C=C2CCC(C(=O)C(F)(F)F)=C2O)ccc1O. The second-order valence-electron chi connectivity index (χ2n) is 4.75. The van der Waals surface area contributed by atoms with Crippen LogP contribution in [0, 0.1) is 0 Å². The average Bonchev–Trinajstić information content (AvgIpc) is 2.80. The Hall–Kier alpha value is -2.44. The molecule has 4 nitrogen and oxygen atoms in total. The van der Waals surface area contributed by atoms with Crippen molar-refractivity contribution < 1.29 is 32.9 Å². The third-order valence-electron chi connectivity index (χ3n) is 3.31. The fourth-order valence-corrected chi connectivity index (χ4v) is 2.21. The highest BCUT2D eigenvalue weighted by Crippen LogP contribution is 2.36. The van der Waals surface area contributed by atoms with E-state index >= 15 is 0 Å². The predicted octanol–water partition coefficient (Wildman–Crippen LogP) is 3.52. The number of Topliss-reactive ketones (excluding diaryl/α,β-unsaturated/α-hetero) is 1. The summed E-state index contributed by atoms with van der Waals surface area (Å²) in [6.45, 7) is 0. The molecule has 0 atom stereocenters. The molecule has 1 aliphatic rings. The Bertz CT molecular complexity index is 672. The van der Waals surface area contributed by atoms with Gasteiger partial charge in [0.1, 0.15) is 5.76 Å². The molecular formula is C15H13F3O4. The molecule has 2 rings (SSSR count). The monoisotopic (exact) mass is 314 g/mol. The molecule has 1 aliphatic carbocycles. The van der Waals surface area contributed by atoms with Crippen LogP contribution in [0.5, 0.6) is 11.5 Å². The normalized spacial score (nSPS) is 17.2. The van der Waals surface area contributed by atoms with Crippen molar-refractivity contribution in [1.82, 2.24) is 0 Å². The number of phenolic OH excluding ortho intramolecular Hbond substituents is 1. The number of carbonyl (C=O) groups is 1. The number of hydrogen-bond donors (Lipinski definition) is 2. The minimum atomic E-state index is -5.00. The summed E-state index contributed by atoms with van der Waals surface area (Å²) < 4.78 is 42.2. The number of hydrogen-bond acceptors (Lipinski definition) is 4. The number of carbonyl (C=O) groups excluding carboxylic acids is 1. The second-order valence-corrected chi connectivity index (χ2v) is 4.75. The third-order valence-corrected chi connectivity index (χ3v) is 3.31. The lowest BCUT2D eigenvalue weighted by atomic mass is 10.1. The van der Waals surface area contributed by atoms with Gasteiger partial charge in [-0.2, -0.15) is 13.2 Å². The van der Waals surface area contributed by atoms with Crippen molar-refractivity contribution in [3.63, 3.8) is 0 Å². The van der Waals surface area contributed by atoms with Crippen LogP contribution in [0.4, 0.5) is 13.2 Å². The quantitative estimate of drug-likeness (QED) is 0.896. The number of rotatable bonds is 3. The van der Waals surface area contributed by atoms with Crippen molar-refractivity contribution >= 4 is 11.9 Å². The highest BCUT2D eigenvalue weighted by atomic mass is 19.4. The first-order valence-corrected chi connectivity index (χ1v) is 6.35. The van der Waals surface area contributed by atoms with Crippen molar-refractivity contribution in [3.8, 4) is 11.5 Å². The summed E-state index contributed by atoms with van der Waals surface area (Å²) in [7, 11) is 1.36. The number of aromatic hydroxyl groups is 1. The number of allylic oxidation sites excluding steroid dienone is 2. The zero-order valence-corrected chi connectivity index (χ0v) is 11.6. The highest BCUT2D eigenvalue weighted by Gasteiger charge is 2.43. The van der Waals surface area contributed by atoms with Gasteiger partial charge in [-0.25, -0.2) is 0 Å². The number of alkyl halides is 3. The lowest BCUT2D eigenvalue weighted by molar-refractivity contribution is -0.166. The largest absolute Gasteiger partial charge is 0.507 e. The van der Waals surface area contributed by atoms with Crippen LogP contribution in [0.15, 0.2) is 35.1 Å². The Balaban J connectivity index is 2.35. The van der Waals surface area contributed by atoms with E-state index in [-0.39, 0.29) is 29.9 Å². The van der Waals surface area contributed by atoms with E-state index in [4.69, 9.17) is 4.74 Å². The number of ketones is 1. The van der Waals surface area contributed by atoms with Crippen molar-refractivity contribution in [3.05, 3.63) is 40.7 Å². The number of ether oxygens (including phenoxy) is 1. The Labute approximate surface area is 124 Å². The lowest BCUT2D eigenvalue weighted by Crippen LogP contribution is -2.24. The van der Waals surface area contributed by atoms with E-state index in [0.29, 0.717) is 5.56 Å². The third kappa shape index (κ3) is 3.08. The molecule has 2 N–H and O–H groups in total. The number of benzene rings is 1. The van der Waals surface area contributed by atoms with Gasteiger partial charge in [0, 0.05) is 5.57 Å². The fourth-order valence-electron chi connectivity index (χ4n) is 2.21. The predicted molar refractivity (Wildman–Crippen MR) is 72.6 cm³/mol. The Morgan fingerprint density at radius 2 is 1.95 bits per heavy atom. The van der Waals surface area contributed by atoms with E-state index in [9.17, 15) is 28.2 Å². The maximum Gasteiger partial charge on any atom is 0.454 e. The topological polar surface area (TPSA) is 66.8 Å². The second kappa shape index (κ2) is 5.75.